The van der Waals surface area contributed by atoms with Gasteiger partial charge in [0.15, 0.2) is 5.60 Å². The van der Waals surface area contributed by atoms with Crippen LogP contribution in [0.15, 0.2) is 54.1 Å². The molecule has 2 aliphatic heterocycles. The van der Waals surface area contributed by atoms with Gasteiger partial charge in [-0.05, 0) is 43.3 Å². The molecule has 0 fully saturated rings. The lowest BCUT2D eigenvalue weighted by molar-refractivity contribution is -0.151. The zero-order valence-electron chi connectivity index (χ0n) is 15.1. The van der Waals surface area contributed by atoms with Crippen LogP contribution >= 0.6 is 0 Å². The van der Waals surface area contributed by atoms with Crippen molar-refractivity contribution < 1.29 is 23.4 Å². The number of nitrogens with one attached hydrogen (secondary N) is 1. The van der Waals surface area contributed by atoms with E-state index in [1.165, 1.54) is 12.1 Å². The summed E-state index contributed by atoms with van der Waals surface area (Å²) < 4.78 is 30.7. The number of benzene rings is 2. The van der Waals surface area contributed by atoms with Crippen LogP contribution in [-0.2, 0) is 15.1 Å². The van der Waals surface area contributed by atoms with Crippen LogP contribution in [-0.4, -0.2) is 25.7 Å². The van der Waals surface area contributed by atoms with Crippen LogP contribution in [0.5, 0.6) is 11.5 Å². The minimum atomic E-state index is -1.14. The number of carbonyl (C=O) groups is 1. The molecule has 2 aromatic rings. The van der Waals surface area contributed by atoms with Crippen molar-refractivity contribution in [1.29, 1.82) is 0 Å². The summed E-state index contributed by atoms with van der Waals surface area (Å²) in [5.41, 5.74) is 1.01. The van der Waals surface area contributed by atoms with E-state index < -0.39 is 17.5 Å². The Bertz CT molecular complexity index is 909. The van der Waals surface area contributed by atoms with E-state index in [1.807, 2.05) is 37.3 Å². The second-order valence-corrected chi connectivity index (χ2v) is 6.80. The average Bonchev–Trinajstić information content (AvgIpc) is 2.90. The molecule has 2 heterocycles. The molecule has 27 heavy (non-hydrogen) atoms. The van der Waals surface area contributed by atoms with Gasteiger partial charge in [-0.15, -0.1) is 0 Å². The van der Waals surface area contributed by atoms with E-state index in [9.17, 15) is 9.18 Å². The summed E-state index contributed by atoms with van der Waals surface area (Å²) in [6, 6.07) is 11.5. The van der Waals surface area contributed by atoms with E-state index in [0.29, 0.717) is 23.4 Å². The van der Waals surface area contributed by atoms with Crippen LogP contribution in [0.3, 0.4) is 0 Å². The number of amides is 1. The first kappa shape index (κ1) is 17.5. The van der Waals surface area contributed by atoms with E-state index in [2.05, 4.69) is 5.32 Å². The van der Waals surface area contributed by atoms with Gasteiger partial charge in [0.1, 0.15) is 30.0 Å². The van der Waals surface area contributed by atoms with Gasteiger partial charge in [0.2, 0.25) is 0 Å². The summed E-state index contributed by atoms with van der Waals surface area (Å²) >= 11 is 0. The van der Waals surface area contributed by atoms with Gasteiger partial charge >= 0.3 is 0 Å². The fraction of sp³-hybridized carbons (Fsp3) is 0.286. The number of halogens is 1. The minimum absolute atomic E-state index is 0.259. The van der Waals surface area contributed by atoms with Gasteiger partial charge < -0.3 is 19.5 Å². The number of rotatable bonds is 4. The number of ether oxygens (including phenoxy) is 3. The van der Waals surface area contributed by atoms with Gasteiger partial charge in [0, 0.05) is 12.0 Å². The molecular weight excluding hydrogens is 349 g/mol. The molecule has 0 saturated carbocycles. The van der Waals surface area contributed by atoms with Gasteiger partial charge in [-0.3, -0.25) is 4.79 Å². The van der Waals surface area contributed by atoms with Crippen LogP contribution in [0.1, 0.15) is 18.9 Å². The first-order valence-corrected chi connectivity index (χ1v) is 8.73. The summed E-state index contributed by atoms with van der Waals surface area (Å²) in [4.78, 5) is 12.7. The zero-order chi connectivity index (χ0) is 19.0. The molecule has 0 radical (unpaired) electrons. The lowest BCUT2D eigenvalue weighted by Crippen LogP contribution is -2.44. The Kier molecular flexibility index (Phi) is 4.36. The topological polar surface area (TPSA) is 56.8 Å². The van der Waals surface area contributed by atoms with E-state index in [0.717, 1.165) is 11.3 Å². The van der Waals surface area contributed by atoms with E-state index in [4.69, 9.17) is 14.2 Å². The van der Waals surface area contributed by atoms with Gasteiger partial charge in [0.05, 0.1) is 12.8 Å². The Balaban J connectivity index is 1.55. The normalized spacial score (nSPS) is 23.6. The Morgan fingerprint density at radius 1 is 1.22 bits per heavy atom. The molecule has 2 aromatic carbocycles. The predicted octanol–water partition coefficient (Wildman–Crippen LogP) is 3.80. The third-order valence-electron chi connectivity index (χ3n) is 4.86. The summed E-state index contributed by atoms with van der Waals surface area (Å²) in [5, 5.41) is 2.74. The van der Waals surface area contributed by atoms with Crippen LogP contribution in [0.2, 0.25) is 0 Å². The largest absolute Gasteiger partial charge is 0.497 e. The van der Waals surface area contributed by atoms with Crippen LogP contribution in [0.4, 0.5) is 10.1 Å². The van der Waals surface area contributed by atoms with Gasteiger partial charge in [0.25, 0.3) is 5.91 Å². The third kappa shape index (κ3) is 3.17. The van der Waals surface area contributed by atoms with Crippen molar-refractivity contribution in [2.75, 3.05) is 19.0 Å². The highest BCUT2D eigenvalue weighted by Gasteiger charge is 2.51. The SMILES string of the molecule is COc1ccc(OC[C@H]2C=C(C)C[C@@]3(O2)C(=O)Nc2cc(F)ccc23)cc1. The van der Waals surface area contributed by atoms with Crippen LogP contribution < -0.4 is 14.8 Å². The molecule has 0 saturated heterocycles. The smallest absolute Gasteiger partial charge is 0.261 e. The molecule has 0 bridgehead atoms. The number of carbonyl (C=O) groups excluding carboxylic acids is 1. The maximum absolute atomic E-state index is 13.5. The maximum Gasteiger partial charge on any atom is 0.261 e. The second-order valence-electron chi connectivity index (χ2n) is 6.80. The lowest BCUT2D eigenvalue weighted by atomic mass is 9.85. The zero-order valence-corrected chi connectivity index (χ0v) is 15.1. The van der Waals surface area contributed by atoms with Crippen molar-refractivity contribution in [1.82, 2.24) is 0 Å². The molecule has 0 aliphatic carbocycles. The predicted molar refractivity (Wildman–Crippen MR) is 98.4 cm³/mol. The van der Waals surface area contributed by atoms with E-state index in [-0.39, 0.29) is 12.5 Å². The quantitative estimate of drug-likeness (QED) is 0.833. The fourth-order valence-corrected chi connectivity index (χ4v) is 3.65. The Morgan fingerprint density at radius 2 is 1.96 bits per heavy atom. The molecule has 1 N–H and O–H groups in total. The van der Waals surface area contributed by atoms with Crippen molar-refractivity contribution in [3.05, 3.63) is 65.5 Å². The molecular formula is C21H20FNO4. The minimum Gasteiger partial charge on any atom is -0.497 e. The third-order valence-corrected chi connectivity index (χ3v) is 4.86. The number of anilines is 1. The van der Waals surface area contributed by atoms with Crippen molar-refractivity contribution in [3.63, 3.8) is 0 Å². The highest BCUT2D eigenvalue weighted by Crippen LogP contribution is 2.46. The summed E-state index contributed by atoms with van der Waals surface area (Å²) in [6.07, 6.45) is 1.99. The average molecular weight is 369 g/mol. The molecule has 1 amide bonds. The van der Waals surface area contributed by atoms with E-state index >= 15 is 0 Å². The van der Waals surface area contributed by atoms with E-state index in [1.54, 1.807) is 13.2 Å². The number of hydrogen-bond acceptors (Lipinski definition) is 4. The summed E-state index contributed by atoms with van der Waals surface area (Å²) in [7, 11) is 1.61. The van der Waals surface area contributed by atoms with Gasteiger partial charge in [-0.2, -0.15) is 0 Å². The molecule has 6 heteroatoms. The molecule has 4 rings (SSSR count). The second kappa shape index (κ2) is 6.70. The summed E-state index contributed by atoms with van der Waals surface area (Å²) in [5.74, 6) is 0.763. The monoisotopic (exact) mass is 369 g/mol. The molecule has 2 aliphatic rings. The first-order valence-electron chi connectivity index (χ1n) is 8.73. The number of fused-ring (bicyclic) bond motifs is 2. The fourth-order valence-electron chi connectivity index (χ4n) is 3.65. The summed E-state index contributed by atoms with van der Waals surface area (Å²) in [6.45, 7) is 2.22. The highest BCUT2D eigenvalue weighted by atomic mass is 19.1. The van der Waals surface area contributed by atoms with Gasteiger partial charge in [-0.1, -0.05) is 17.7 Å². The lowest BCUT2D eigenvalue weighted by Gasteiger charge is -2.35. The van der Waals surface area contributed by atoms with Crippen molar-refractivity contribution in [3.8, 4) is 11.5 Å². The Labute approximate surface area is 156 Å². The first-order chi connectivity index (χ1) is 13.0. The molecule has 140 valence electrons. The number of methoxy groups -OCH3 is 1. The molecule has 5 nitrogen and oxygen atoms in total. The molecule has 2 atom stereocenters. The highest BCUT2D eigenvalue weighted by molar-refractivity contribution is 6.05. The van der Waals surface area contributed by atoms with Crippen LogP contribution in [0.25, 0.3) is 0 Å². The maximum atomic E-state index is 13.5. The van der Waals surface area contributed by atoms with Crippen LogP contribution in [0, 0.1) is 5.82 Å². The molecule has 0 aromatic heterocycles. The number of hydrogen-bond donors (Lipinski definition) is 1. The van der Waals surface area contributed by atoms with Gasteiger partial charge in [-0.25, -0.2) is 4.39 Å². The molecule has 0 unspecified atom stereocenters. The van der Waals surface area contributed by atoms with Crippen molar-refractivity contribution >= 4 is 11.6 Å². The molecule has 1 spiro atoms. The Hall–Kier alpha value is -2.86. The van der Waals surface area contributed by atoms with Crippen molar-refractivity contribution in [2.24, 2.45) is 0 Å². The van der Waals surface area contributed by atoms with Crippen molar-refractivity contribution in [2.45, 2.75) is 25.0 Å². The Morgan fingerprint density at radius 3 is 2.70 bits per heavy atom. The standard InChI is InChI=1S/C21H20FNO4/c1-13-9-17(12-26-16-6-4-15(25-2)5-7-16)27-21(11-13)18-8-3-14(22)10-19(18)23-20(21)24/h3-10,17H,11-12H2,1-2H3,(H,23,24)/t17-,21+/m1/s1.